The van der Waals surface area contributed by atoms with E-state index >= 15 is 0 Å². The van der Waals surface area contributed by atoms with Gasteiger partial charge in [-0.05, 0) is 63.6 Å². The molecule has 0 spiro atoms. The Morgan fingerprint density at radius 2 is 1.62 bits per heavy atom. The van der Waals surface area contributed by atoms with Gasteiger partial charge in [-0.2, -0.15) is 0 Å². The topological polar surface area (TPSA) is 47.6 Å². The minimum Gasteiger partial charge on any atom is -0.478 e. The summed E-state index contributed by atoms with van der Waals surface area (Å²) >= 11 is 18.0. The predicted molar refractivity (Wildman–Crippen MR) is 119 cm³/mol. The van der Waals surface area contributed by atoms with E-state index in [1.807, 2.05) is 38.1 Å². The highest BCUT2D eigenvalue weighted by Crippen LogP contribution is 2.27. The van der Waals surface area contributed by atoms with E-state index < -0.39 is 5.60 Å². The van der Waals surface area contributed by atoms with E-state index in [0.717, 1.165) is 5.56 Å². The van der Waals surface area contributed by atoms with Crippen molar-refractivity contribution in [2.45, 2.75) is 51.9 Å². The third-order valence-electron chi connectivity index (χ3n) is 4.40. The summed E-state index contributed by atoms with van der Waals surface area (Å²) in [5.74, 6) is 0.166. The largest absolute Gasteiger partial charge is 0.478 e. The summed E-state index contributed by atoms with van der Waals surface area (Å²) in [5.41, 5.74) is -0.0442. The predicted octanol–water partition coefficient (Wildman–Crippen LogP) is 5.96. The fourth-order valence-corrected chi connectivity index (χ4v) is 3.48. The van der Waals surface area contributed by atoms with Crippen molar-refractivity contribution in [2.24, 2.45) is 0 Å². The molecule has 2 aromatic carbocycles. The quantitative estimate of drug-likeness (QED) is 0.504. The Morgan fingerprint density at radius 3 is 2.17 bits per heavy atom. The molecule has 1 N–H and O–H groups in total. The second kappa shape index (κ2) is 10.5. The zero-order valence-corrected chi connectivity index (χ0v) is 19.2. The summed E-state index contributed by atoms with van der Waals surface area (Å²) in [4.78, 5) is 12.9. The van der Waals surface area contributed by atoms with Gasteiger partial charge in [0.25, 0.3) is 5.91 Å². The molecule has 0 aliphatic carbocycles. The van der Waals surface area contributed by atoms with Crippen LogP contribution >= 0.6 is 34.8 Å². The van der Waals surface area contributed by atoms with E-state index in [0.29, 0.717) is 33.8 Å². The van der Waals surface area contributed by atoms with Crippen LogP contribution in [0.25, 0.3) is 0 Å². The molecule has 0 aliphatic rings. The molecule has 1 amide bonds. The van der Waals surface area contributed by atoms with Crippen molar-refractivity contribution in [3.63, 3.8) is 0 Å². The van der Waals surface area contributed by atoms with Crippen molar-refractivity contribution >= 4 is 40.7 Å². The molecule has 0 fully saturated rings. The number of carbonyl (C=O) groups is 1. The Hall–Kier alpha value is -1.46. The van der Waals surface area contributed by atoms with E-state index in [-0.39, 0.29) is 18.1 Å². The third kappa shape index (κ3) is 7.38. The molecule has 2 unspecified atom stereocenters. The van der Waals surface area contributed by atoms with Crippen LogP contribution in [0.1, 0.15) is 33.3 Å². The van der Waals surface area contributed by atoms with Crippen LogP contribution < -0.4 is 10.1 Å². The van der Waals surface area contributed by atoms with Crippen molar-refractivity contribution in [1.82, 2.24) is 5.32 Å². The molecule has 0 bridgehead atoms. The van der Waals surface area contributed by atoms with Crippen LogP contribution in [-0.4, -0.2) is 30.3 Å². The van der Waals surface area contributed by atoms with Gasteiger partial charge in [0.05, 0.1) is 12.1 Å². The second-order valence-corrected chi connectivity index (χ2v) is 8.61. The molecule has 29 heavy (non-hydrogen) atoms. The van der Waals surface area contributed by atoms with E-state index in [1.54, 1.807) is 32.0 Å². The van der Waals surface area contributed by atoms with Crippen molar-refractivity contribution in [3.05, 3.63) is 63.1 Å². The average molecular weight is 459 g/mol. The molecule has 2 rings (SSSR count). The van der Waals surface area contributed by atoms with E-state index in [9.17, 15) is 4.79 Å². The van der Waals surface area contributed by atoms with Gasteiger partial charge in [0.15, 0.2) is 5.60 Å². The first-order chi connectivity index (χ1) is 13.6. The lowest BCUT2D eigenvalue weighted by Crippen LogP contribution is -2.53. The first-order valence-corrected chi connectivity index (χ1v) is 10.6. The maximum absolute atomic E-state index is 12.9. The minimum absolute atomic E-state index is 0.193. The van der Waals surface area contributed by atoms with Gasteiger partial charge in [-0.1, -0.05) is 46.9 Å². The van der Waals surface area contributed by atoms with Gasteiger partial charge < -0.3 is 14.8 Å². The standard InChI is InChI=1S/C22H26Cl3NO3/c1-5-28-20(10-15-6-8-16(23)9-7-15)14(2)26-21(27)22(3,4)29-19-12-17(24)11-18(25)13-19/h6-9,11-14,20H,5,10H2,1-4H3,(H,26,27). The Labute approximate surface area is 187 Å². The number of ether oxygens (including phenoxy) is 2. The van der Waals surface area contributed by atoms with Gasteiger partial charge in [0.1, 0.15) is 5.75 Å². The third-order valence-corrected chi connectivity index (χ3v) is 5.09. The first kappa shape index (κ1) is 23.8. The number of nitrogens with one attached hydrogen (secondary N) is 1. The molecule has 158 valence electrons. The van der Waals surface area contributed by atoms with Crippen LogP contribution in [0.2, 0.25) is 15.1 Å². The SMILES string of the molecule is CCOC(Cc1ccc(Cl)cc1)C(C)NC(=O)C(C)(C)Oc1cc(Cl)cc(Cl)c1. The zero-order chi connectivity index (χ0) is 21.6. The van der Waals surface area contributed by atoms with Gasteiger partial charge in [0.2, 0.25) is 0 Å². The number of hydrogen-bond acceptors (Lipinski definition) is 3. The molecule has 2 aromatic rings. The molecular formula is C22H26Cl3NO3. The fourth-order valence-electron chi connectivity index (χ4n) is 2.85. The Kier molecular flexibility index (Phi) is 8.65. The van der Waals surface area contributed by atoms with Crippen molar-refractivity contribution < 1.29 is 14.3 Å². The molecule has 4 nitrogen and oxygen atoms in total. The smallest absolute Gasteiger partial charge is 0.263 e. The Morgan fingerprint density at radius 1 is 1.03 bits per heavy atom. The Balaban J connectivity index is 2.05. The van der Waals surface area contributed by atoms with Gasteiger partial charge in [-0.3, -0.25) is 4.79 Å². The maximum atomic E-state index is 12.9. The van der Waals surface area contributed by atoms with Crippen LogP contribution in [0.5, 0.6) is 5.75 Å². The zero-order valence-electron chi connectivity index (χ0n) is 17.0. The van der Waals surface area contributed by atoms with Gasteiger partial charge >= 0.3 is 0 Å². The lowest BCUT2D eigenvalue weighted by molar-refractivity contribution is -0.136. The van der Waals surface area contributed by atoms with Crippen LogP contribution in [-0.2, 0) is 16.0 Å². The van der Waals surface area contributed by atoms with Gasteiger partial charge in [0, 0.05) is 28.1 Å². The number of amides is 1. The van der Waals surface area contributed by atoms with E-state index in [2.05, 4.69) is 5.32 Å². The summed E-state index contributed by atoms with van der Waals surface area (Å²) in [6.45, 7) is 7.77. The fraction of sp³-hybridized carbons (Fsp3) is 0.409. The van der Waals surface area contributed by atoms with Crippen LogP contribution in [0.4, 0.5) is 0 Å². The van der Waals surface area contributed by atoms with Gasteiger partial charge in [-0.25, -0.2) is 0 Å². The summed E-state index contributed by atoms with van der Waals surface area (Å²) in [6, 6.07) is 12.2. The summed E-state index contributed by atoms with van der Waals surface area (Å²) in [5, 5.41) is 4.57. The Bertz CT molecular complexity index is 804. The number of carbonyl (C=O) groups excluding carboxylic acids is 1. The summed E-state index contributed by atoms with van der Waals surface area (Å²) in [6.07, 6.45) is 0.457. The molecule has 0 radical (unpaired) electrons. The summed E-state index contributed by atoms with van der Waals surface area (Å²) in [7, 11) is 0. The molecule has 0 aromatic heterocycles. The van der Waals surface area contributed by atoms with Crippen LogP contribution in [0, 0.1) is 0 Å². The van der Waals surface area contributed by atoms with Crippen LogP contribution in [0.3, 0.4) is 0 Å². The normalized spacial score (nSPS) is 13.6. The summed E-state index contributed by atoms with van der Waals surface area (Å²) < 4.78 is 11.7. The number of benzene rings is 2. The highest BCUT2D eigenvalue weighted by molar-refractivity contribution is 6.34. The first-order valence-electron chi connectivity index (χ1n) is 9.43. The monoisotopic (exact) mass is 457 g/mol. The van der Waals surface area contributed by atoms with Crippen LogP contribution in [0.15, 0.2) is 42.5 Å². The molecule has 0 saturated heterocycles. The lowest BCUT2D eigenvalue weighted by atomic mass is 10.0. The average Bonchev–Trinajstić information content (AvgIpc) is 2.61. The highest BCUT2D eigenvalue weighted by Gasteiger charge is 2.33. The maximum Gasteiger partial charge on any atom is 0.263 e. The van der Waals surface area contributed by atoms with Crippen molar-refractivity contribution in [2.75, 3.05) is 6.61 Å². The minimum atomic E-state index is -1.13. The second-order valence-electron chi connectivity index (χ2n) is 7.30. The molecule has 0 aliphatic heterocycles. The van der Waals surface area contributed by atoms with E-state index in [1.165, 1.54) is 0 Å². The number of halogens is 3. The molecule has 2 atom stereocenters. The highest BCUT2D eigenvalue weighted by atomic mass is 35.5. The molecular weight excluding hydrogens is 433 g/mol. The molecule has 0 heterocycles. The lowest BCUT2D eigenvalue weighted by Gasteiger charge is -2.30. The molecule has 0 saturated carbocycles. The van der Waals surface area contributed by atoms with Crippen molar-refractivity contribution in [1.29, 1.82) is 0 Å². The molecule has 7 heteroatoms. The van der Waals surface area contributed by atoms with Gasteiger partial charge in [-0.15, -0.1) is 0 Å². The number of hydrogen-bond donors (Lipinski definition) is 1. The van der Waals surface area contributed by atoms with E-state index in [4.69, 9.17) is 44.3 Å². The number of rotatable bonds is 9. The van der Waals surface area contributed by atoms with Crippen molar-refractivity contribution in [3.8, 4) is 5.75 Å².